The molecule has 1 fully saturated rings. The van der Waals surface area contributed by atoms with Crippen LogP contribution >= 0.6 is 15.9 Å². The molecule has 0 bridgehead atoms. The first-order chi connectivity index (χ1) is 13.0. The number of nitrogens with zero attached hydrogens (tertiary/aromatic N) is 2. The Labute approximate surface area is 168 Å². The standard InChI is InChI=1S/C20H26BrN3O3/c1-3-5-7-15(8-6-4-2)22-13-17-18(25)23-20(27)24(19(17)26)16-11-9-14(21)10-12-16/h9-13,15,17H,3-8H2,1-2H3,(H,23,25,27). The third-order valence-electron chi connectivity index (χ3n) is 4.51. The molecule has 146 valence electrons. The number of carbonyl (C=O) groups is 3. The van der Waals surface area contributed by atoms with Crippen molar-refractivity contribution in [2.45, 2.75) is 58.4 Å². The number of unbranched alkanes of at least 4 members (excludes halogenated alkanes) is 2. The first-order valence-electron chi connectivity index (χ1n) is 9.45. The van der Waals surface area contributed by atoms with Gasteiger partial charge in [-0.3, -0.25) is 19.9 Å². The molecule has 6 nitrogen and oxygen atoms in total. The maximum Gasteiger partial charge on any atom is 0.335 e. The second-order valence-corrected chi connectivity index (χ2v) is 7.57. The second-order valence-electron chi connectivity index (χ2n) is 6.66. The minimum atomic E-state index is -1.09. The lowest BCUT2D eigenvalue weighted by atomic mass is 10.0. The van der Waals surface area contributed by atoms with Crippen molar-refractivity contribution >= 4 is 45.7 Å². The highest BCUT2D eigenvalue weighted by atomic mass is 79.9. The summed E-state index contributed by atoms with van der Waals surface area (Å²) in [4.78, 5) is 42.7. The normalized spacial score (nSPS) is 17.9. The van der Waals surface area contributed by atoms with Gasteiger partial charge < -0.3 is 0 Å². The third kappa shape index (κ3) is 5.73. The van der Waals surface area contributed by atoms with E-state index in [9.17, 15) is 14.4 Å². The van der Waals surface area contributed by atoms with Gasteiger partial charge in [0.05, 0.1) is 5.69 Å². The molecule has 4 amide bonds. The number of barbiturate groups is 1. The topological polar surface area (TPSA) is 78.8 Å². The van der Waals surface area contributed by atoms with E-state index in [1.165, 1.54) is 6.21 Å². The Bertz CT molecular complexity index is 695. The Hall–Kier alpha value is -2.02. The van der Waals surface area contributed by atoms with Crippen molar-refractivity contribution in [2.75, 3.05) is 4.90 Å². The molecule has 1 N–H and O–H groups in total. The zero-order valence-corrected chi connectivity index (χ0v) is 17.4. The van der Waals surface area contributed by atoms with E-state index in [1.54, 1.807) is 24.3 Å². The van der Waals surface area contributed by atoms with Crippen molar-refractivity contribution in [3.63, 3.8) is 0 Å². The highest BCUT2D eigenvalue weighted by Crippen LogP contribution is 2.23. The van der Waals surface area contributed by atoms with Gasteiger partial charge >= 0.3 is 6.03 Å². The minimum Gasteiger partial charge on any atom is -0.293 e. The lowest BCUT2D eigenvalue weighted by molar-refractivity contribution is -0.131. The van der Waals surface area contributed by atoms with Gasteiger partial charge in [0.2, 0.25) is 5.91 Å². The van der Waals surface area contributed by atoms with Gasteiger partial charge in [-0.25, -0.2) is 9.69 Å². The van der Waals surface area contributed by atoms with Crippen LogP contribution in [0.4, 0.5) is 10.5 Å². The number of carbonyl (C=O) groups excluding carboxylic acids is 3. The van der Waals surface area contributed by atoms with Gasteiger partial charge in [0.25, 0.3) is 5.91 Å². The Balaban J connectivity index is 2.18. The molecule has 7 heteroatoms. The molecule has 1 aliphatic heterocycles. The molecule has 1 aromatic carbocycles. The van der Waals surface area contributed by atoms with Crippen LogP contribution in [0.25, 0.3) is 0 Å². The molecule has 0 spiro atoms. The number of hydrogen-bond acceptors (Lipinski definition) is 4. The van der Waals surface area contributed by atoms with E-state index in [0.29, 0.717) is 5.69 Å². The van der Waals surface area contributed by atoms with Crippen LogP contribution in [0.5, 0.6) is 0 Å². The smallest absolute Gasteiger partial charge is 0.293 e. The second kappa shape index (κ2) is 10.3. The fraction of sp³-hybridized carbons (Fsp3) is 0.500. The number of hydrogen-bond donors (Lipinski definition) is 1. The minimum absolute atomic E-state index is 0.101. The number of halogens is 1. The number of nitrogens with one attached hydrogen (secondary N) is 1. The first kappa shape index (κ1) is 21.3. The maximum absolute atomic E-state index is 12.8. The molecule has 2 rings (SSSR count). The number of aliphatic imine (C=N–C) groups is 1. The van der Waals surface area contributed by atoms with E-state index in [2.05, 4.69) is 40.1 Å². The van der Waals surface area contributed by atoms with Crippen LogP contribution in [0.3, 0.4) is 0 Å². The van der Waals surface area contributed by atoms with Crippen LogP contribution in [0.1, 0.15) is 52.4 Å². The number of amides is 4. The SMILES string of the molecule is CCCCC(CCCC)N=CC1C(=O)NC(=O)N(c2ccc(Br)cc2)C1=O. The van der Waals surface area contributed by atoms with Crippen LogP contribution in [-0.4, -0.2) is 30.1 Å². The monoisotopic (exact) mass is 435 g/mol. The number of benzene rings is 1. The van der Waals surface area contributed by atoms with E-state index in [4.69, 9.17) is 0 Å². The Morgan fingerprint density at radius 2 is 1.70 bits per heavy atom. The van der Waals surface area contributed by atoms with Gasteiger partial charge in [0.1, 0.15) is 0 Å². The van der Waals surface area contributed by atoms with E-state index < -0.39 is 23.8 Å². The number of imide groups is 2. The van der Waals surface area contributed by atoms with Crippen molar-refractivity contribution in [3.05, 3.63) is 28.7 Å². The molecule has 1 aromatic rings. The van der Waals surface area contributed by atoms with Crippen LogP contribution in [0.2, 0.25) is 0 Å². The molecule has 1 atom stereocenters. The zero-order valence-electron chi connectivity index (χ0n) is 15.8. The van der Waals surface area contributed by atoms with E-state index in [1.807, 2.05) is 0 Å². The van der Waals surface area contributed by atoms with Gasteiger partial charge in [-0.15, -0.1) is 0 Å². The van der Waals surface area contributed by atoms with Crippen molar-refractivity contribution in [3.8, 4) is 0 Å². The first-order valence-corrected chi connectivity index (χ1v) is 10.2. The van der Waals surface area contributed by atoms with Crippen LogP contribution in [-0.2, 0) is 9.59 Å². The summed E-state index contributed by atoms with van der Waals surface area (Å²) in [6.07, 6.45) is 7.56. The van der Waals surface area contributed by atoms with Gasteiger partial charge in [0.15, 0.2) is 5.92 Å². The summed E-state index contributed by atoms with van der Waals surface area (Å²) in [7, 11) is 0. The average molecular weight is 436 g/mol. The summed E-state index contributed by atoms with van der Waals surface area (Å²) >= 11 is 3.32. The fourth-order valence-corrected chi connectivity index (χ4v) is 3.20. The van der Waals surface area contributed by atoms with Crippen molar-refractivity contribution in [1.29, 1.82) is 0 Å². The summed E-state index contributed by atoms with van der Waals surface area (Å²) in [5.74, 6) is -2.27. The molecule has 0 aromatic heterocycles. The molecule has 0 radical (unpaired) electrons. The van der Waals surface area contributed by atoms with E-state index in [-0.39, 0.29) is 6.04 Å². The Kier molecular flexibility index (Phi) is 8.16. The summed E-state index contributed by atoms with van der Waals surface area (Å²) in [5.41, 5.74) is 0.417. The highest BCUT2D eigenvalue weighted by Gasteiger charge is 2.40. The van der Waals surface area contributed by atoms with Crippen LogP contribution in [0.15, 0.2) is 33.7 Å². The summed E-state index contributed by atoms with van der Waals surface area (Å²) in [6.45, 7) is 4.25. The van der Waals surface area contributed by atoms with Gasteiger partial charge in [-0.05, 0) is 37.1 Å². The fourth-order valence-electron chi connectivity index (χ4n) is 2.94. The molecule has 0 aliphatic carbocycles. The van der Waals surface area contributed by atoms with E-state index >= 15 is 0 Å². The molecule has 1 heterocycles. The summed E-state index contributed by atoms with van der Waals surface area (Å²) < 4.78 is 0.833. The largest absolute Gasteiger partial charge is 0.335 e. The predicted octanol–water partition coefficient (Wildman–Crippen LogP) is 4.47. The lowest BCUT2D eigenvalue weighted by Gasteiger charge is -2.28. The van der Waals surface area contributed by atoms with Crippen LogP contribution in [0, 0.1) is 5.92 Å². The maximum atomic E-state index is 12.8. The quantitative estimate of drug-likeness (QED) is 0.458. The lowest BCUT2D eigenvalue weighted by Crippen LogP contribution is -2.58. The molecule has 1 aliphatic rings. The Morgan fingerprint density at radius 3 is 2.26 bits per heavy atom. The number of rotatable bonds is 9. The van der Waals surface area contributed by atoms with Gasteiger partial charge in [-0.1, -0.05) is 55.5 Å². The Morgan fingerprint density at radius 1 is 1.11 bits per heavy atom. The average Bonchev–Trinajstić information content (AvgIpc) is 2.64. The van der Waals surface area contributed by atoms with Gasteiger partial charge in [-0.2, -0.15) is 0 Å². The van der Waals surface area contributed by atoms with Crippen LogP contribution < -0.4 is 10.2 Å². The predicted molar refractivity (Wildman–Crippen MR) is 110 cm³/mol. The zero-order chi connectivity index (χ0) is 19.8. The molecule has 27 heavy (non-hydrogen) atoms. The van der Waals surface area contributed by atoms with Crippen molar-refractivity contribution in [2.24, 2.45) is 10.9 Å². The number of urea groups is 1. The molecule has 1 unspecified atom stereocenters. The molecular weight excluding hydrogens is 410 g/mol. The number of anilines is 1. The summed E-state index contributed by atoms with van der Waals surface area (Å²) in [5, 5.41) is 2.26. The van der Waals surface area contributed by atoms with Crippen molar-refractivity contribution in [1.82, 2.24) is 5.32 Å². The third-order valence-corrected chi connectivity index (χ3v) is 5.04. The van der Waals surface area contributed by atoms with E-state index in [0.717, 1.165) is 47.9 Å². The van der Waals surface area contributed by atoms with Gasteiger partial charge in [0, 0.05) is 16.7 Å². The molecule has 1 saturated heterocycles. The molecule has 0 saturated carbocycles. The molecular formula is C20H26BrN3O3. The summed E-state index contributed by atoms with van der Waals surface area (Å²) in [6, 6.07) is 6.14. The highest BCUT2D eigenvalue weighted by molar-refractivity contribution is 9.10. The van der Waals surface area contributed by atoms with Crippen molar-refractivity contribution < 1.29 is 14.4 Å².